The van der Waals surface area contributed by atoms with Crippen LogP contribution in [0.4, 0.5) is 11.4 Å². The summed E-state index contributed by atoms with van der Waals surface area (Å²) in [6.07, 6.45) is 0.870. The van der Waals surface area contributed by atoms with Gasteiger partial charge in [0.05, 0.1) is 11.3 Å². The van der Waals surface area contributed by atoms with Crippen molar-refractivity contribution in [3.8, 4) is 0 Å². The molecule has 0 spiro atoms. The van der Waals surface area contributed by atoms with Gasteiger partial charge in [0.1, 0.15) is 5.69 Å². The lowest BCUT2D eigenvalue weighted by atomic mass is 9.89. The van der Waals surface area contributed by atoms with Crippen molar-refractivity contribution in [2.75, 3.05) is 5.32 Å². The van der Waals surface area contributed by atoms with E-state index in [-0.39, 0.29) is 22.6 Å². The Morgan fingerprint density at radius 3 is 2.78 bits per heavy atom. The SMILES string of the molecule is O=C(C[C@]1(O)C(=O)Nc2ccc([N+](=O)[O-])cc21)c1ccccn1. The fourth-order valence-electron chi connectivity index (χ4n) is 2.47. The van der Waals surface area contributed by atoms with Gasteiger partial charge in [0.15, 0.2) is 11.4 Å². The number of aromatic nitrogens is 1. The predicted octanol–water partition coefficient (Wildman–Crippen LogP) is 1.40. The Balaban J connectivity index is 1.99. The number of rotatable bonds is 4. The molecule has 0 fully saturated rings. The number of nitrogens with one attached hydrogen (secondary N) is 1. The van der Waals surface area contributed by atoms with Crippen molar-refractivity contribution in [2.45, 2.75) is 12.0 Å². The number of aliphatic hydroxyl groups is 1. The number of carbonyl (C=O) groups is 2. The van der Waals surface area contributed by atoms with E-state index in [1.165, 1.54) is 24.4 Å². The van der Waals surface area contributed by atoms with Crippen LogP contribution in [0.25, 0.3) is 0 Å². The van der Waals surface area contributed by atoms with Gasteiger partial charge < -0.3 is 10.4 Å². The minimum Gasteiger partial charge on any atom is -0.375 e. The third-order valence-electron chi connectivity index (χ3n) is 3.65. The van der Waals surface area contributed by atoms with Gasteiger partial charge in [-0.2, -0.15) is 0 Å². The number of nitro benzene ring substituents is 1. The molecule has 1 amide bonds. The summed E-state index contributed by atoms with van der Waals surface area (Å²) in [5.41, 5.74) is -2.06. The second kappa shape index (κ2) is 5.25. The van der Waals surface area contributed by atoms with Crippen molar-refractivity contribution < 1.29 is 19.6 Å². The Morgan fingerprint density at radius 2 is 2.13 bits per heavy atom. The molecule has 116 valence electrons. The third-order valence-corrected chi connectivity index (χ3v) is 3.65. The van der Waals surface area contributed by atoms with Crippen LogP contribution in [0.1, 0.15) is 22.5 Å². The van der Waals surface area contributed by atoms with E-state index < -0.39 is 28.6 Å². The molecule has 0 saturated carbocycles. The maximum Gasteiger partial charge on any atom is 0.269 e. The lowest BCUT2D eigenvalue weighted by molar-refractivity contribution is -0.385. The third kappa shape index (κ3) is 2.44. The summed E-state index contributed by atoms with van der Waals surface area (Å²) >= 11 is 0. The molecule has 8 nitrogen and oxygen atoms in total. The zero-order chi connectivity index (χ0) is 16.6. The summed E-state index contributed by atoms with van der Waals surface area (Å²) in [6.45, 7) is 0. The van der Waals surface area contributed by atoms with E-state index in [1.54, 1.807) is 12.1 Å². The average molecular weight is 313 g/mol. The largest absolute Gasteiger partial charge is 0.375 e. The van der Waals surface area contributed by atoms with Crippen molar-refractivity contribution in [3.63, 3.8) is 0 Å². The first kappa shape index (κ1) is 14.8. The Labute approximate surface area is 129 Å². The first-order chi connectivity index (χ1) is 10.9. The Bertz CT molecular complexity index is 821. The molecule has 0 unspecified atom stereocenters. The van der Waals surface area contributed by atoms with Crippen LogP contribution in [0.3, 0.4) is 0 Å². The summed E-state index contributed by atoms with van der Waals surface area (Å²) in [7, 11) is 0. The summed E-state index contributed by atoms with van der Waals surface area (Å²) in [4.78, 5) is 38.5. The molecule has 1 atom stereocenters. The number of hydrogen-bond acceptors (Lipinski definition) is 6. The van der Waals surface area contributed by atoms with Gasteiger partial charge in [-0.15, -0.1) is 0 Å². The first-order valence-electron chi connectivity index (χ1n) is 6.69. The van der Waals surface area contributed by atoms with Gasteiger partial charge in [0.2, 0.25) is 0 Å². The zero-order valence-electron chi connectivity index (χ0n) is 11.7. The summed E-state index contributed by atoms with van der Waals surface area (Å²) in [5.74, 6) is -1.33. The molecular weight excluding hydrogens is 302 g/mol. The summed E-state index contributed by atoms with van der Waals surface area (Å²) < 4.78 is 0. The summed E-state index contributed by atoms with van der Waals surface area (Å²) in [6, 6.07) is 8.34. The number of benzene rings is 1. The molecule has 8 heteroatoms. The number of fused-ring (bicyclic) bond motifs is 1. The predicted molar refractivity (Wildman–Crippen MR) is 78.8 cm³/mol. The number of amides is 1. The van der Waals surface area contributed by atoms with Gasteiger partial charge in [-0.1, -0.05) is 6.07 Å². The molecule has 0 aliphatic carbocycles. The molecule has 23 heavy (non-hydrogen) atoms. The van der Waals surface area contributed by atoms with Crippen LogP contribution in [0.2, 0.25) is 0 Å². The van der Waals surface area contributed by atoms with Crippen LogP contribution >= 0.6 is 0 Å². The first-order valence-corrected chi connectivity index (χ1v) is 6.69. The van der Waals surface area contributed by atoms with Crippen LogP contribution in [0.15, 0.2) is 42.6 Å². The molecule has 3 rings (SSSR count). The van der Waals surface area contributed by atoms with Crippen LogP contribution < -0.4 is 5.32 Å². The Hall–Kier alpha value is -3.13. The molecule has 0 saturated heterocycles. The molecule has 2 N–H and O–H groups in total. The maximum absolute atomic E-state index is 12.2. The summed E-state index contributed by atoms with van der Waals surface area (Å²) in [5, 5.41) is 24.0. The Morgan fingerprint density at radius 1 is 1.35 bits per heavy atom. The highest BCUT2D eigenvalue weighted by atomic mass is 16.6. The molecule has 0 bridgehead atoms. The molecule has 1 aromatic heterocycles. The van der Waals surface area contributed by atoms with Gasteiger partial charge in [-0.25, -0.2) is 0 Å². The quantitative estimate of drug-likeness (QED) is 0.500. The topological polar surface area (TPSA) is 122 Å². The highest BCUT2D eigenvalue weighted by Gasteiger charge is 2.47. The van der Waals surface area contributed by atoms with E-state index in [4.69, 9.17) is 0 Å². The number of anilines is 1. The van der Waals surface area contributed by atoms with E-state index in [1.807, 2.05) is 0 Å². The average Bonchev–Trinajstić information content (AvgIpc) is 2.79. The second-order valence-corrected chi connectivity index (χ2v) is 5.12. The Kier molecular flexibility index (Phi) is 3.38. The lowest BCUT2D eigenvalue weighted by Gasteiger charge is -2.19. The smallest absolute Gasteiger partial charge is 0.269 e. The molecule has 1 aromatic carbocycles. The van der Waals surface area contributed by atoms with E-state index >= 15 is 0 Å². The minimum atomic E-state index is -2.16. The minimum absolute atomic E-state index is 0.0148. The number of nitrogens with zero attached hydrogens (tertiary/aromatic N) is 2. The van der Waals surface area contributed by atoms with Crippen molar-refractivity contribution in [2.24, 2.45) is 0 Å². The standard InChI is InChI=1S/C15H11N3O5/c19-13(12-3-1-2-6-16-12)8-15(21)10-7-9(18(22)23)4-5-11(10)17-14(15)20/h1-7,21H,8H2,(H,17,20)/t15-/m1/s1. The maximum atomic E-state index is 12.2. The number of Topliss-reactive ketones (excluding diaryl/α,β-unsaturated/α-hetero) is 1. The number of non-ortho nitro benzene ring substituents is 1. The molecule has 2 heterocycles. The number of carbonyl (C=O) groups excluding carboxylic acids is 2. The van der Waals surface area contributed by atoms with Crippen LogP contribution in [-0.4, -0.2) is 26.7 Å². The van der Waals surface area contributed by atoms with Gasteiger partial charge in [0, 0.05) is 29.6 Å². The van der Waals surface area contributed by atoms with Gasteiger partial charge in [-0.3, -0.25) is 24.7 Å². The molecule has 1 aliphatic heterocycles. The van der Waals surface area contributed by atoms with Crippen LogP contribution in [0, 0.1) is 10.1 Å². The van der Waals surface area contributed by atoms with Crippen molar-refractivity contribution in [3.05, 3.63) is 64.0 Å². The van der Waals surface area contributed by atoms with Crippen LogP contribution in [-0.2, 0) is 10.4 Å². The van der Waals surface area contributed by atoms with Crippen molar-refractivity contribution in [1.29, 1.82) is 0 Å². The van der Waals surface area contributed by atoms with Crippen molar-refractivity contribution in [1.82, 2.24) is 4.98 Å². The van der Waals surface area contributed by atoms with E-state index in [9.17, 15) is 24.8 Å². The highest BCUT2D eigenvalue weighted by molar-refractivity contribution is 6.09. The number of pyridine rings is 1. The molecule has 2 aromatic rings. The van der Waals surface area contributed by atoms with Gasteiger partial charge in [-0.05, 0) is 18.2 Å². The zero-order valence-corrected chi connectivity index (χ0v) is 11.7. The molecule has 0 radical (unpaired) electrons. The normalized spacial score (nSPS) is 19.1. The van der Waals surface area contributed by atoms with Crippen molar-refractivity contribution >= 4 is 23.1 Å². The second-order valence-electron chi connectivity index (χ2n) is 5.12. The van der Waals surface area contributed by atoms with E-state index in [2.05, 4.69) is 10.3 Å². The van der Waals surface area contributed by atoms with Crippen LogP contribution in [0.5, 0.6) is 0 Å². The van der Waals surface area contributed by atoms with Gasteiger partial charge >= 0.3 is 0 Å². The molecular formula is C15H11N3O5. The number of ketones is 1. The fourth-order valence-corrected chi connectivity index (χ4v) is 2.47. The number of hydrogen-bond donors (Lipinski definition) is 2. The lowest BCUT2D eigenvalue weighted by Crippen LogP contribution is -2.36. The fraction of sp³-hybridized carbons (Fsp3) is 0.133. The molecule has 1 aliphatic rings. The monoisotopic (exact) mass is 313 g/mol. The van der Waals surface area contributed by atoms with Gasteiger partial charge in [0.25, 0.3) is 11.6 Å². The van der Waals surface area contributed by atoms with E-state index in [0.29, 0.717) is 0 Å². The van der Waals surface area contributed by atoms with E-state index in [0.717, 1.165) is 6.07 Å². The number of nitro groups is 1. The highest BCUT2D eigenvalue weighted by Crippen LogP contribution is 2.40.